The second kappa shape index (κ2) is 7.09. The lowest BCUT2D eigenvalue weighted by Gasteiger charge is -2.22. The van der Waals surface area contributed by atoms with Crippen LogP contribution in [-0.2, 0) is 0 Å². The van der Waals surface area contributed by atoms with Gasteiger partial charge < -0.3 is 5.32 Å². The van der Waals surface area contributed by atoms with Gasteiger partial charge in [-0.15, -0.1) is 0 Å². The molecule has 21 heavy (non-hydrogen) atoms. The van der Waals surface area contributed by atoms with Gasteiger partial charge in [0.05, 0.1) is 5.70 Å². The zero-order valence-corrected chi connectivity index (χ0v) is 13.3. The molecule has 110 valence electrons. The second-order valence-electron chi connectivity index (χ2n) is 5.23. The smallest absolute Gasteiger partial charge is 0.189 e. The lowest BCUT2D eigenvalue weighted by atomic mass is 9.90. The van der Waals surface area contributed by atoms with Crippen LogP contribution in [0, 0.1) is 5.92 Å². The summed E-state index contributed by atoms with van der Waals surface area (Å²) in [5.41, 5.74) is 10.6. The van der Waals surface area contributed by atoms with E-state index in [9.17, 15) is 0 Å². The summed E-state index contributed by atoms with van der Waals surface area (Å²) in [6, 6.07) is 9.84. The number of anilines is 1. The molecular formula is C17H21N3S. The highest BCUT2D eigenvalue weighted by Gasteiger charge is 2.13. The predicted molar refractivity (Wildman–Crippen MR) is 93.7 cm³/mol. The van der Waals surface area contributed by atoms with Crippen LogP contribution in [0.3, 0.4) is 0 Å². The lowest BCUT2D eigenvalue weighted by molar-refractivity contribution is 0.701. The molecule has 0 aromatic heterocycles. The largest absolute Gasteiger partial charge is 0.331 e. The van der Waals surface area contributed by atoms with Crippen molar-refractivity contribution in [3.8, 4) is 0 Å². The molecule has 1 unspecified atom stereocenters. The number of hydrogen-bond acceptors (Lipinski definition) is 2. The van der Waals surface area contributed by atoms with Gasteiger partial charge in [0.1, 0.15) is 0 Å². The van der Waals surface area contributed by atoms with Crippen LogP contribution in [0.15, 0.2) is 65.9 Å². The van der Waals surface area contributed by atoms with Crippen molar-refractivity contribution in [2.45, 2.75) is 20.3 Å². The third kappa shape index (κ3) is 4.46. The second-order valence-corrected chi connectivity index (χ2v) is 5.63. The highest BCUT2D eigenvalue weighted by molar-refractivity contribution is 7.80. The van der Waals surface area contributed by atoms with Crippen LogP contribution in [0.5, 0.6) is 0 Å². The zero-order chi connectivity index (χ0) is 15.2. The van der Waals surface area contributed by atoms with Crippen LogP contribution in [0.2, 0.25) is 0 Å². The average molecular weight is 299 g/mol. The molecule has 1 aromatic carbocycles. The number of hydrogen-bond donors (Lipinski definition) is 3. The number of para-hydroxylation sites is 1. The maximum atomic E-state index is 5.28. The van der Waals surface area contributed by atoms with E-state index in [1.807, 2.05) is 30.3 Å². The van der Waals surface area contributed by atoms with Crippen molar-refractivity contribution in [2.24, 2.45) is 5.92 Å². The van der Waals surface area contributed by atoms with E-state index >= 15 is 0 Å². The Kier molecular flexibility index (Phi) is 5.17. The average Bonchev–Trinajstić information content (AvgIpc) is 2.47. The van der Waals surface area contributed by atoms with Gasteiger partial charge in [0, 0.05) is 11.6 Å². The highest BCUT2D eigenvalue weighted by atomic mass is 32.1. The van der Waals surface area contributed by atoms with E-state index in [-0.39, 0.29) is 0 Å². The van der Waals surface area contributed by atoms with E-state index in [2.05, 4.69) is 48.7 Å². The molecular weight excluding hydrogens is 278 g/mol. The zero-order valence-electron chi connectivity index (χ0n) is 12.4. The van der Waals surface area contributed by atoms with Gasteiger partial charge in [0.2, 0.25) is 0 Å². The van der Waals surface area contributed by atoms with E-state index in [0.29, 0.717) is 11.0 Å². The summed E-state index contributed by atoms with van der Waals surface area (Å²) in [7, 11) is 0. The molecule has 3 N–H and O–H groups in total. The van der Waals surface area contributed by atoms with Crippen LogP contribution in [0.4, 0.5) is 5.69 Å². The number of thiocarbonyl (C=S) groups is 1. The third-order valence-corrected chi connectivity index (χ3v) is 3.65. The van der Waals surface area contributed by atoms with Gasteiger partial charge in [-0.2, -0.15) is 0 Å². The summed E-state index contributed by atoms with van der Waals surface area (Å²) in [6.07, 6.45) is 5.42. The molecule has 1 atom stereocenters. The summed E-state index contributed by atoms with van der Waals surface area (Å²) in [5, 5.41) is 3.66. The molecule has 0 fully saturated rings. The molecule has 3 nitrogen and oxygen atoms in total. The Balaban J connectivity index is 1.91. The SMILES string of the molecule is C=C(C)C1C=C(NNC(=S)Nc2ccccc2)C(C)=CC1. The van der Waals surface area contributed by atoms with Crippen LogP contribution < -0.4 is 16.2 Å². The maximum absolute atomic E-state index is 5.28. The van der Waals surface area contributed by atoms with E-state index < -0.39 is 0 Å². The Morgan fingerprint density at radius 3 is 2.67 bits per heavy atom. The van der Waals surface area contributed by atoms with Crippen molar-refractivity contribution in [2.75, 3.05) is 5.32 Å². The van der Waals surface area contributed by atoms with E-state index in [4.69, 9.17) is 12.2 Å². The Morgan fingerprint density at radius 2 is 2.00 bits per heavy atom. The fourth-order valence-corrected chi connectivity index (χ4v) is 2.27. The lowest BCUT2D eigenvalue weighted by Crippen LogP contribution is -2.40. The Bertz CT molecular complexity index is 587. The van der Waals surface area contributed by atoms with Crippen molar-refractivity contribution in [3.05, 3.63) is 65.9 Å². The molecule has 0 heterocycles. The molecule has 1 aliphatic carbocycles. The molecule has 1 aliphatic rings. The third-order valence-electron chi connectivity index (χ3n) is 3.45. The molecule has 0 radical (unpaired) electrons. The van der Waals surface area contributed by atoms with Crippen LogP contribution in [-0.4, -0.2) is 5.11 Å². The molecule has 0 spiro atoms. The summed E-state index contributed by atoms with van der Waals surface area (Å²) in [5.74, 6) is 0.383. The minimum Gasteiger partial charge on any atom is -0.331 e. The van der Waals surface area contributed by atoms with E-state index in [0.717, 1.165) is 17.8 Å². The first-order chi connectivity index (χ1) is 10.1. The van der Waals surface area contributed by atoms with Gasteiger partial charge in [0.25, 0.3) is 0 Å². The normalized spacial score (nSPS) is 17.3. The van der Waals surface area contributed by atoms with Crippen molar-refractivity contribution in [3.63, 3.8) is 0 Å². The standard InChI is InChI=1S/C17H21N3S/c1-12(2)14-10-9-13(3)16(11-14)19-20-17(21)18-15-7-5-4-6-8-15/h4-9,11,14,19H,1,10H2,2-3H3,(H2,18,20,21). The number of benzene rings is 1. The predicted octanol–water partition coefficient (Wildman–Crippen LogP) is 3.90. The summed E-state index contributed by atoms with van der Waals surface area (Å²) >= 11 is 5.28. The molecule has 0 saturated carbocycles. The number of nitrogens with one attached hydrogen (secondary N) is 3. The maximum Gasteiger partial charge on any atom is 0.189 e. The topological polar surface area (TPSA) is 36.1 Å². The molecule has 0 saturated heterocycles. The van der Waals surface area contributed by atoms with Gasteiger partial charge in [0.15, 0.2) is 5.11 Å². The highest BCUT2D eigenvalue weighted by Crippen LogP contribution is 2.25. The fraction of sp³-hybridized carbons (Fsp3) is 0.235. The number of hydrazine groups is 1. The quantitative estimate of drug-likeness (QED) is 0.448. The first-order valence-corrected chi connectivity index (χ1v) is 7.39. The summed E-state index contributed by atoms with van der Waals surface area (Å²) in [4.78, 5) is 0. The van der Waals surface area contributed by atoms with Gasteiger partial charge in [-0.1, -0.05) is 42.5 Å². The Labute approximate surface area is 131 Å². The monoisotopic (exact) mass is 299 g/mol. The Hall–Kier alpha value is -2.07. The molecule has 1 aromatic rings. The minimum absolute atomic E-state index is 0.383. The van der Waals surface area contributed by atoms with Crippen molar-refractivity contribution >= 4 is 23.0 Å². The Morgan fingerprint density at radius 1 is 1.29 bits per heavy atom. The van der Waals surface area contributed by atoms with Crippen molar-refractivity contribution in [1.82, 2.24) is 10.9 Å². The molecule has 4 heteroatoms. The summed E-state index contributed by atoms with van der Waals surface area (Å²) < 4.78 is 0. The summed E-state index contributed by atoms with van der Waals surface area (Å²) in [6.45, 7) is 8.17. The first-order valence-electron chi connectivity index (χ1n) is 6.98. The fourth-order valence-electron chi connectivity index (χ4n) is 2.11. The van der Waals surface area contributed by atoms with Gasteiger partial charge >= 0.3 is 0 Å². The van der Waals surface area contributed by atoms with Gasteiger partial charge in [-0.05, 0) is 50.2 Å². The molecule has 2 rings (SSSR count). The van der Waals surface area contributed by atoms with Crippen LogP contribution in [0.1, 0.15) is 20.3 Å². The van der Waals surface area contributed by atoms with Gasteiger partial charge in [-0.25, -0.2) is 0 Å². The van der Waals surface area contributed by atoms with Crippen LogP contribution >= 0.6 is 12.2 Å². The van der Waals surface area contributed by atoms with Gasteiger partial charge in [-0.3, -0.25) is 10.9 Å². The first kappa shape index (κ1) is 15.3. The number of allylic oxidation sites excluding steroid dienone is 4. The molecule has 0 aliphatic heterocycles. The van der Waals surface area contributed by atoms with E-state index in [1.165, 1.54) is 11.1 Å². The molecule has 0 amide bonds. The van der Waals surface area contributed by atoms with E-state index in [1.54, 1.807) is 0 Å². The van der Waals surface area contributed by atoms with Crippen molar-refractivity contribution < 1.29 is 0 Å². The molecule has 0 bridgehead atoms. The van der Waals surface area contributed by atoms with Crippen LogP contribution in [0.25, 0.3) is 0 Å². The van der Waals surface area contributed by atoms with Crippen molar-refractivity contribution in [1.29, 1.82) is 0 Å². The number of rotatable bonds is 4. The minimum atomic E-state index is 0.383.